The molecule has 7 heteroatoms. The number of fused-ring (bicyclic) bond motifs is 1. The number of ether oxygens (including phenoxy) is 1. The first-order valence-electron chi connectivity index (χ1n) is 9.51. The maximum Gasteiger partial charge on any atom is 0.238 e. The molecule has 2 aliphatic rings. The Morgan fingerprint density at radius 3 is 2.76 bits per heavy atom. The van der Waals surface area contributed by atoms with Gasteiger partial charge in [-0.05, 0) is 46.3 Å². The third-order valence-corrected chi connectivity index (χ3v) is 6.26. The molecule has 1 fully saturated rings. The summed E-state index contributed by atoms with van der Waals surface area (Å²) in [4.78, 5) is 20.9. The Bertz CT molecular complexity index is 986. The monoisotopic (exact) mass is 427 g/mol. The van der Waals surface area contributed by atoms with Gasteiger partial charge in [-0.25, -0.2) is 0 Å². The molecule has 29 heavy (non-hydrogen) atoms. The second-order valence-corrected chi connectivity index (χ2v) is 8.13. The van der Waals surface area contributed by atoms with Crippen LogP contribution in [0.5, 0.6) is 0 Å². The number of aromatic nitrogens is 1. The van der Waals surface area contributed by atoms with Crippen LogP contribution in [0.2, 0.25) is 0 Å². The van der Waals surface area contributed by atoms with Gasteiger partial charge in [0.05, 0.1) is 18.9 Å². The summed E-state index contributed by atoms with van der Waals surface area (Å²) in [5.41, 5.74) is 4.99. The summed E-state index contributed by atoms with van der Waals surface area (Å²) in [6.07, 6.45) is 1.90. The minimum absolute atomic E-state index is 0. The number of amides is 1. The minimum atomic E-state index is -0.354. The molecule has 5 rings (SSSR count). The number of nitrogens with one attached hydrogen (secondary N) is 1. The van der Waals surface area contributed by atoms with E-state index in [1.807, 2.05) is 24.4 Å². The van der Waals surface area contributed by atoms with Crippen molar-refractivity contribution in [3.05, 3.63) is 70.9 Å². The molecule has 1 aromatic carbocycles. The molecular weight excluding hydrogens is 406 g/mol. The molecule has 2 aliphatic heterocycles. The summed E-state index contributed by atoms with van der Waals surface area (Å²) in [6.45, 7) is 4.35. The Morgan fingerprint density at radius 2 is 2.03 bits per heavy atom. The van der Waals surface area contributed by atoms with Crippen molar-refractivity contribution in [2.24, 2.45) is 0 Å². The molecule has 0 aliphatic carbocycles. The smallest absolute Gasteiger partial charge is 0.238 e. The molecule has 2 aromatic heterocycles. The highest BCUT2D eigenvalue weighted by molar-refractivity contribution is 7.13. The fourth-order valence-electron chi connectivity index (χ4n) is 3.87. The van der Waals surface area contributed by atoms with Crippen molar-refractivity contribution in [1.29, 1.82) is 0 Å². The number of thiophene rings is 1. The van der Waals surface area contributed by atoms with Crippen LogP contribution in [0.1, 0.15) is 22.7 Å². The average Bonchev–Trinajstić information content (AvgIpc) is 3.36. The van der Waals surface area contributed by atoms with Gasteiger partial charge in [-0.1, -0.05) is 18.2 Å². The number of carbonyl (C=O) groups excluding carboxylic acids is 1. The number of pyridine rings is 1. The molecule has 0 spiro atoms. The van der Waals surface area contributed by atoms with Crippen LogP contribution in [-0.2, 0) is 16.1 Å². The Kier molecular flexibility index (Phi) is 5.96. The quantitative estimate of drug-likeness (QED) is 0.679. The predicted molar refractivity (Wildman–Crippen MR) is 118 cm³/mol. The maximum absolute atomic E-state index is 12.7. The molecule has 150 valence electrons. The minimum Gasteiger partial charge on any atom is -0.379 e. The number of hydrogen-bond donors (Lipinski definition) is 1. The van der Waals surface area contributed by atoms with Crippen molar-refractivity contribution in [3.8, 4) is 10.4 Å². The van der Waals surface area contributed by atoms with E-state index in [0.717, 1.165) is 60.9 Å². The van der Waals surface area contributed by atoms with E-state index in [4.69, 9.17) is 4.74 Å². The van der Waals surface area contributed by atoms with Gasteiger partial charge in [-0.15, -0.1) is 23.7 Å². The van der Waals surface area contributed by atoms with E-state index in [0.29, 0.717) is 0 Å². The van der Waals surface area contributed by atoms with Gasteiger partial charge in [0.15, 0.2) is 0 Å². The summed E-state index contributed by atoms with van der Waals surface area (Å²) < 4.78 is 5.40. The molecule has 4 heterocycles. The number of halogens is 1. The zero-order valence-corrected chi connectivity index (χ0v) is 17.5. The number of anilines is 1. The van der Waals surface area contributed by atoms with Crippen LogP contribution in [0.3, 0.4) is 0 Å². The Morgan fingerprint density at radius 1 is 1.17 bits per heavy atom. The molecule has 1 N–H and O–H groups in total. The third-order valence-electron chi connectivity index (χ3n) is 5.34. The fourth-order valence-corrected chi connectivity index (χ4v) is 4.59. The topological polar surface area (TPSA) is 54.5 Å². The lowest BCUT2D eigenvalue weighted by atomic mass is 9.94. The van der Waals surface area contributed by atoms with E-state index in [9.17, 15) is 4.79 Å². The molecule has 1 atom stereocenters. The SMILES string of the molecule is Cl.O=C1Nc2ccc(-c3cccs3)cc2C1c1ccc(CN2CCOCC2)cn1. The molecule has 0 saturated carbocycles. The third kappa shape index (κ3) is 4.07. The number of nitrogens with zero attached hydrogens (tertiary/aromatic N) is 2. The number of carbonyl (C=O) groups is 1. The molecule has 0 bridgehead atoms. The van der Waals surface area contributed by atoms with Crippen molar-refractivity contribution >= 4 is 35.3 Å². The first-order valence-corrected chi connectivity index (χ1v) is 10.4. The normalized spacial score (nSPS) is 18.8. The van der Waals surface area contributed by atoms with Gasteiger partial charge in [0.2, 0.25) is 5.91 Å². The highest BCUT2D eigenvalue weighted by Gasteiger charge is 2.33. The van der Waals surface area contributed by atoms with E-state index in [1.165, 1.54) is 4.88 Å². The first-order chi connectivity index (χ1) is 13.8. The standard InChI is InChI=1S/C22H21N3O2S.ClH/c26-22-21(17-12-16(4-6-18(17)24-22)20-2-1-11-28-20)19-5-3-15(13-23-19)14-25-7-9-27-10-8-25;/h1-6,11-13,21H,7-10,14H2,(H,24,26);1H. The molecule has 1 unspecified atom stereocenters. The van der Waals surface area contributed by atoms with E-state index >= 15 is 0 Å². The van der Waals surface area contributed by atoms with Gasteiger partial charge in [0.1, 0.15) is 5.92 Å². The number of benzene rings is 1. The molecule has 1 amide bonds. The maximum atomic E-state index is 12.7. The second-order valence-electron chi connectivity index (χ2n) is 7.18. The van der Waals surface area contributed by atoms with Crippen LogP contribution in [0.15, 0.2) is 54.0 Å². The van der Waals surface area contributed by atoms with Gasteiger partial charge < -0.3 is 10.1 Å². The Labute approximate surface area is 180 Å². The van der Waals surface area contributed by atoms with Crippen LogP contribution in [0.4, 0.5) is 5.69 Å². The van der Waals surface area contributed by atoms with E-state index < -0.39 is 0 Å². The van der Waals surface area contributed by atoms with Crippen LogP contribution in [-0.4, -0.2) is 42.1 Å². The summed E-state index contributed by atoms with van der Waals surface area (Å²) in [6, 6.07) is 14.4. The highest BCUT2D eigenvalue weighted by atomic mass is 35.5. The largest absolute Gasteiger partial charge is 0.379 e. The summed E-state index contributed by atoms with van der Waals surface area (Å²) in [5, 5.41) is 5.07. The van der Waals surface area contributed by atoms with Gasteiger partial charge in [-0.2, -0.15) is 0 Å². The zero-order chi connectivity index (χ0) is 18.9. The molecule has 1 saturated heterocycles. The van der Waals surface area contributed by atoms with Crippen molar-refractivity contribution in [3.63, 3.8) is 0 Å². The van der Waals surface area contributed by atoms with Crippen molar-refractivity contribution < 1.29 is 9.53 Å². The highest BCUT2D eigenvalue weighted by Crippen LogP contribution is 2.39. The van der Waals surface area contributed by atoms with Gasteiger partial charge in [-0.3, -0.25) is 14.7 Å². The second kappa shape index (κ2) is 8.63. The van der Waals surface area contributed by atoms with Crippen molar-refractivity contribution in [2.45, 2.75) is 12.5 Å². The Balaban J connectivity index is 0.00000205. The van der Waals surface area contributed by atoms with Crippen LogP contribution in [0, 0.1) is 0 Å². The molecule has 3 aromatic rings. The average molecular weight is 428 g/mol. The summed E-state index contributed by atoms with van der Waals surface area (Å²) in [5.74, 6) is -0.362. The van der Waals surface area contributed by atoms with E-state index in [-0.39, 0.29) is 24.2 Å². The zero-order valence-electron chi connectivity index (χ0n) is 15.8. The summed E-state index contributed by atoms with van der Waals surface area (Å²) in [7, 11) is 0. The number of rotatable bonds is 4. The van der Waals surface area contributed by atoms with Crippen LogP contribution in [0.25, 0.3) is 10.4 Å². The number of morpholine rings is 1. The molecule has 5 nitrogen and oxygen atoms in total. The first kappa shape index (κ1) is 20.0. The Hall–Kier alpha value is -2.25. The van der Waals surface area contributed by atoms with E-state index in [1.54, 1.807) is 11.3 Å². The van der Waals surface area contributed by atoms with Crippen molar-refractivity contribution in [2.75, 3.05) is 31.6 Å². The summed E-state index contributed by atoms with van der Waals surface area (Å²) >= 11 is 1.70. The van der Waals surface area contributed by atoms with Gasteiger partial charge in [0, 0.05) is 36.4 Å². The van der Waals surface area contributed by atoms with Crippen LogP contribution < -0.4 is 5.32 Å². The molecule has 0 radical (unpaired) electrons. The number of hydrogen-bond acceptors (Lipinski definition) is 5. The van der Waals surface area contributed by atoms with Gasteiger partial charge in [0.25, 0.3) is 0 Å². The van der Waals surface area contributed by atoms with Crippen molar-refractivity contribution in [1.82, 2.24) is 9.88 Å². The fraction of sp³-hybridized carbons (Fsp3) is 0.273. The molecular formula is C22H22ClN3O2S. The lowest BCUT2D eigenvalue weighted by Crippen LogP contribution is -2.35. The van der Waals surface area contributed by atoms with Crippen LogP contribution >= 0.6 is 23.7 Å². The lowest BCUT2D eigenvalue weighted by Gasteiger charge is -2.26. The lowest BCUT2D eigenvalue weighted by molar-refractivity contribution is -0.116. The van der Waals surface area contributed by atoms with Gasteiger partial charge >= 0.3 is 0 Å². The van der Waals surface area contributed by atoms with E-state index in [2.05, 4.69) is 44.8 Å². The predicted octanol–water partition coefficient (Wildman–Crippen LogP) is 4.15.